The number of hydrogen-bond acceptors (Lipinski definition) is 3. The molecule has 2 aromatic rings. The van der Waals surface area contributed by atoms with E-state index in [1.54, 1.807) is 0 Å². The quantitative estimate of drug-likeness (QED) is 0.310. The second kappa shape index (κ2) is 6.34. The maximum atomic E-state index is 8.87. The number of aromatic nitrogens is 1. The van der Waals surface area contributed by atoms with Gasteiger partial charge in [0, 0.05) is 17.5 Å². The molecule has 2 N–H and O–H groups in total. The summed E-state index contributed by atoms with van der Waals surface area (Å²) in [7, 11) is 0. The number of nitrogens with one attached hydrogen (secondary N) is 2. The predicted octanol–water partition coefficient (Wildman–Crippen LogP) is 5.09. The van der Waals surface area contributed by atoms with E-state index in [4.69, 9.17) is 10.8 Å². The molecule has 1 heterocycles. The Hall–Kier alpha value is -3.65. The highest BCUT2D eigenvalue weighted by Crippen LogP contribution is 2.39. The lowest BCUT2D eigenvalue weighted by atomic mass is 9.95. The number of pyridine rings is 1. The molecular formula is C21H18N5+. The van der Waals surface area contributed by atoms with Crippen LogP contribution in [-0.4, -0.2) is 4.57 Å². The standard InChI is InChI=1S/C21H18N5/c1-2-26-20-12-15(22)8-10-18(20)17-11-9-16(24-25-23)13-19(17)21(26)14-6-4-3-5-7-14/h3-13,22,24H,2H2,1H3/q+1. The van der Waals surface area contributed by atoms with Gasteiger partial charge in [-0.3, -0.25) is 0 Å². The van der Waals surface area contributed by atoms with Gasteiger partial charge in [0.05, 0.1) is 16.7 Å². The van der Waals surface area contributed by atoms with Crippen molar-refractivity contribution in [3.8, 4) is 22.5 Å². The summed E-state index contributed by atoms with van der Waals surface area (Å²) in [5.74, 6) is 0. The number of rotatable bonds is 3. The van der Waals surface area contributed by atoms with E-state index in [1.807, 2.05) is 54.6 Å². The van der Waals surface area contributed by atoms with Crippen molar-refractivity contribution in [3.05, 3.63) is 77.2 Å². The molecule has 5 heteroatoms. The molecule has 0 fully saturated rings. The Morgan fingerprint density at radius 2 is 1.81 bits per heavy atom. The van der Waals surface area contributed by atoms with Crippen LogP contribution in [0.2, 0.25) is 0 Å². The fourth-order valence-corrected chi connectivity index (χ4v) is 3.59. The molecule has 2 aliphatic rings. The first-order valence-corrected chi connectivity index (χ1v) is 8.53. The molecule has 1 aliphatic carbocycles. The van der Waals surface area contributed by atoms with Crippen LogP contribution in [0.25, 0.3) is 38.4 Å². The van der Waals surface area contributed by atoms with Gasteiger partial charge < -0.3 is 9.98 Å². The van der Waals surface area contributed by atoms with E-state index in [0.717, 1.165) is 45.5 Å². The fourth-order valence-electron chi connectivity index (χ4n) is 3.59. The van der Waals surface area contributed by atoms with Crippen molar-refractivity contribution in [1.29, 1.82) is 10.8 Å². The van der Waals surface area contributed by atoms with Crippen LogP contribution in [0.15, 0.2) is 66.7 Å². The highest BCUT2D eigenvalue weighted by molar-refractivity contribution is 6.05. The van der Waals surface area contributed by atoms with Gasteiger partial charge in [-0.05, 0) is 47.6 Å². The van der Waals surface area contributed by atoms with Crippen molar-refractivity contribution in [2.24, 2.45) is 0 Å². The highest BCUT2D eigenvalue weighted by atomic mass is 15.3. The Kier molecular flexibility index (Phi) is 3.86. The molecule has 1 aliphatic heterocycles. The van der Waals surface area contributed by atoms with Gasteiger partial charge in [-0.1, -0.05) is 42.5 Å². The largest absolute Gasteiger partial charge is 0.340 e. The van der Waals surface area contributed by atoms with Crippen LogP contribution in [0, 0.1) is 10.8 Å². The van der Waals surface area contributed by atoms with Gasteiger partial charge in [0.1, 0.15) is 5.69 Å². The number of nitrogens with zero attached hydrogens (tertiary/aromatic N) is 3. The normalized spacial score (nSPS) is 10.8. The number of diazo groups is 1. The highest BCUT2D eigenvalue weighted by Gasteiger charge is 2.18. The fraction of sp³-hybridized carbons (Fsp3) is 0.0952. The zero-order valence-corrected chi connectivity index (χ0v) is 14.4. The molecule has 0 atom stereocenters. The maximum absolute atomic E-state index is 8.87. The van der Waals surface area contributed by atoms with E-state index >= 15 is 0 Å². The summed E-state index contributed by atoms with van der Waals surface area (Å²) in [6, 6.07) is 21.9. The van der Waals surface area contributed by atoms with Gasteiger partial charge in [-0.15, -0.1) is 0 Å². The second-order valence-electron chi connectivity index (χ2n) is 6.16. The molecule has 0 saturated heterocycles. The lowest BCUT2D eigenvalue weighted by Gasteiger charge is -2.23. The Morgan fingerprint density at radius 1 is 1.00 bits per heavy atom. The molecule has 0 radical (unpaired) electrons. The lowest BCUT2D eigenvalue weighted by molar-refractivity contribution is 0.776. The summed E-state index contributed by atoms with van der Waals surface area (Å²) in [5.41, 5.74) is 7.67. The molecule has 0 amide bonds. The molecule has 2 aromatic carbocycles. The van der Waals surface area contributed by atoms with Gasteiger partial charge in [0.2, 0.25) is 0 Å². The first-order valence-electron chi connectivity index (χ1n) is 8.53. The Morgan fingerprint density at radius 3 is 2.54 bits per heavy atom. The molecule has 0 unspecified atom stereocenters. The molecule has 5 nitrogen and oxygen atoms in total. The third-order valence-electron chi connectivity index (χ3n) is 4.67. The third-order valence-corrected chi connectivity index (χ3v) is 4.67. The Labute approximate surface area is 151 Å². The van der Waals surface area contributed by atoms with Crippen LogP contribution in [0.1, 0.15) is 6.92 Å². The Bertz CT molecular complexity index is 1170. The second-order valence-corrected chi connectivity index (χ2v) is 6.16. The number of benzene rings is 3. The van der Waals surface area contributed by atoms with Gasteiger partial charge in [0.25, 0.3) is 5.39 Å². The van der Waals surface area contributed by atoms with Crippen molar-refractivity contribution in [3.63, 3.8) is 0 Å². The minimum absolute atomic E-state index is 0.496. The first-order chi connectivity index (χ1) is 12.7. The monoisotopic (exact) mass is 340 g/mol. The van der Waals surface area contributed by atoms with Crippen LogP contribution in [0.3, 0.4) is 0 Å². The molecule has 126 valence electrons. The summed E-state index contributed by atoms with van der Waals surface area (Å²) < 4.78 is 2.24. The van der Waals surface area contributed by atoms with Gasteiger partial charge >= 0.3 is 5.08 Å². The zero-order valence-electron chi connectivity index (χ0n) is 14.4. The molecule has 0 bridgehead atoms. The van der Waals surface area contributed by atoms with E-state index in [0.29, 0.717) is 5.36 Å². The minimum atomic E-state index is 0.496. The van der Waals surface area contributed by atoms with Crippen LogP contribution >= 0.6 is 0 Å². The number of anilines is 1. The first kappa shape index (κ1) is 15.9. The lowest BCUT2D eigenvalue weighted by Crippen LogP contribution is -2.11. The van der Waals surface area contributed by atoms with Crippen molar-refractivity contribution >= 4 is 16.5 Å². The van der Waals surface area contributed by atoms with Crippen molar-refractivity contribution in [2.45, 2.75) is 13.5 Å². The summed E-state index contributed by atoms with van der Waals surface area (Å²) in [4.78, 5) is 0. The van der Waals surface area contributed by atoms with Gasteiger partial charge in [0.15, 0.2) is 0 Å². The summed E-state index contributed by atoms with van der Waals surface area (Å²) in [6.45, 7) is 2.89. The number of fused-ring (bicyclic) bond motifs is 3. The summed E-state index contributed by atoms with van der Waals surface area (Å²) in [5, 5.41) is 22.6. The van der Waals surface area contributed by atoms with Crippen molar-refractivity contribution in [1.82, 2.24) is 4.57 Å². The van der Waals surface area contributed by atoms with Crippen molar-refractivity contribution in [2.75, 3.05) is 5.43 Å². The minimum Gasteiger partial charge on any atom is -0.340 e. The van der Waals surface area contributed by atoms with E-state index in [9.17, 15) is 0 Å². The topological polar surface area (TPSA) is 69.0 Å². The molecule has 26 heavy (non-hydrogen) atoms. The van der Waals surface area contributed by atoms with Crippen LogP contribution in [-0.2, 0) is 6.54 Å². The molecule has 0 spiro atoms. The van der Waals surface area contributed by atoms with E-state index < -0.39 is 0 Å². The average molecular weight is 340 g/mol. The van der Waals surface area contributed by atoms with Crippen LogP contribution in [0.4, 0.5) is 5.69 Å². The van der Waals surface area contributed by atoms with Gasteiger partial charge in [-0.25, -0.2) is 0 Å². The average Bonchev–Trinajstić information content (AvgIpc) is 2.67. The van der Waals surface area contributed by atoms with Crippen molar-refractivity contribution < 1.29 is 0 Å². The SMILES string of the molecule is CCn1c2cc(=N)ccc-2c2ccc(N[N+]#N)cc2c1-c1ccccc1. The summed E-state index contributed by atoms with van der Waals surface area (Å²) >= 11 is 0. The molecule has 4 rings (SSSR count). The Balaban J connectivity index is 2.22. The molecular weight excluding hydrogens is 322 g/mol. The van der Waals surface area contributed by atoms with E-state index in [-0.39, 0.29) is 0 Å². The number of hydrogen-bond donors (Lipinski definition) is 2. The molecule has 0 aromatic heterocycles. The van der Waals surface area contributed by atoms with Gasteiger partial charge in [-0.2, -0.15) is 0 Å². The third kappa shape index (κ3) is 2.49. The van der Waals surface area contributed by atoms with E-state index in [2.05, 4.69) is 34.1 Å². The van der Waals surface area contributed by atoms with E-state index in [1.165, 1.54) is 0 Å². The maximum Gasteiger partial charge on any atom is 0.308 e. The summed E-state index contributed by atoms with van der Waals surface area (Å²) in [6.07, 6.45) is 0. The smallest absolute Gasteiger partial charge is 0.308 e. The zero-order chi connectivity index (χ0) is 18.1. The van der Waals surface area contributed by atoms with Crippen LogP contribution in [0.5, 0.6) is 0 Å². The predicted molar refractivity (Wildman–Crippen MR) is 104 cm³/mol. The molecule has 0 saturated carbocycles. The van der Waals surface area contributed by atoms with Crippen LogP contribution < -0.4 is 10.8 Å².